The summed E-state index contributed by atoms with van der Waals surface area (Å²) in [6.45, 7) is 4.16. The molecule has 0 spiro atoms. The van der Waals surface area contributed by atoms with E-state index in [1.165, 1.54) is 0 Å². The predicted octanol–water partition coefficient (Wildman–Crippen LogP) is 2.74. The van der Waals surface area contributed by atoms with Gasteiger partial charge in [-0.3, -0.25) is 0 Å². The first-order valence-electron chi connectivity index (χ1n) is 6.03. The predicted molar refractivity (Wildman–Crippen MR) is 77.2 cm³/mol. The topological polar surface area (TPSA) is 58.3 Å². The molecule has 1 aromatic rings. The van der Waals surface area contributed by atoms with Crippen LogP contribution in [0, 0.1) is 0 Å². The number of hydrogen-bond acceptors (Lipinski definition) is 3. The number of halogens is 2. The van der Waals surface area contributed by atoms with Gasteiger partial charge in [0.15, 0.2) is 0 Å². The van der Waals surface area contributed by atoms with Gasteiger partial charge >= 0.3 is 0 Å². The highest BCUT2D eigenvalue weighted by Crippen LogP contribution is 2.30. The first-order valence-corrected chi connectivity index (χ1v) is 6.79. The minimum absolute atomic E-state index is 0.111. The highest BCUT2D eigenvalue weighted by molar-refractivity contribution is 6.36. The lowest BCUT2D eigenvalue weighted by molar-refractivity contribution is 0.168. The van der Waals surface area contributed by atoms with Gasteiger partial charge in [0, 0.05) is 34.2 Å². The van der Waals surface area contributed by atoms with E-state index in [0.717, 1.165) is 5.56 Å². The highest BCUT2D eigenvalue weighted by Gasteiger charge is 2.19. The lowest BCUT2D eigenvalue weighted by Gasteiger charge is -2.25. The molecule has 1 aromatic carbocycles. The second kappa shape index (κ2) is 7.31. The zero-order chi connectivity index (χ0) is 13.7. The summed E-state index contributed by atoms with van der Waals surface area (Å²) >= 11 is 12.3. The zero-order valence-electron chi connectivity index (χ0n) is 10.7. The fourth-order valence-corrected chi connectivity index (χ4v) is 2.70. The van der Waals surface area contributed by atoms with E-state index in [9.17, 15) is 5.11 Å². The Balaban J connectivity index is 2.83. The fourth-order valence-electron chi connectivity index (χ4n) is 2.04. The van der Waals surface area contributed by atoms with Crippen molar-refractivity contribution in [3.63, 3.8) is 0 Å². The Morgan fingerprint density at radius 2 is 1.83 bits per heavy atom. The largest absolute Gasteiger partial charge is 0.393 e. The average Bonchev–Trinajstić information content (AvgIpc) is 2.26. The maximum absolute atomic E-state index is 9.36. The Bertz CT molecular complexity index is 365. The first kappa shape index (κ1) is 15.7. The molecule has 5 heteroatoms. The van der Waals surface area contributed by atoms with E-state index in [1.807, 2.05) is 6.92 Å². The molecule has 3 nitrogen and oxygen atoms in total. The molecule has 0 amide bonds. The van der Waals surface area contributed by atoms with Gasteiger partial charge in [-0.05, 0) is 32.4 Å². The second-order valence-electron chi connectivity index (χ2n) is 4.58. The molecule has 0 saturated carbocycles. The summed E-state index contributed by atoms with van der Waals surface area (Å²) in [7, 11) is 0. The maximum Gasteiger partial charge on any atom is 0.0526 e. The van der Waals surface area contributed by atoms with Gasteiger partial charge in [-0.1, -0.05) is 29.3 Å². The molecule has 102 valence electrons. The van der Waals surface area contributed by atoms with E-state index in [1.54, 1.807) is 25.1 Å². The van der Waals surface area contributed by atoms with Crippen molar-refractivity contribution < 1.29 is 5.11 Å². The molecule has 0 aliphatic rings. The van der Waals surface area contributed by atoms with Crippen LogP contribution in [0.4, 0.5) is 0 Å². The molecule has 0 radical (unpaired) electrons. The van der Waals surface area contributed by atoms with E-state index in [-0.39, 0.29) is 18.2 Å². The van der Waals surface area contributed by atoms with E-state index in [2.05, 4.69) is 5.32 Å². The van der Waals surface area contributed by atoms with E-state index in [4.69, 9.17) is 28.9 Å². The standard InChI is InChI=1S/C13H20Cl2N2O/c1-8(6-9(2)18)17-12(7-16)13-10(14)4-3-5-11(13)15/h3-5,8-9,12,17-18H,6-7,16H2,1-2H3. The maximum atomic E-state index is 9.36. The summed E-state index contributed by atoms with van der Waals surface area (Å²) < 4.78 is 0. The van der Waals surface area contributed by atoms with Crippen molar-refractivity contribution in [3.8, 4) is 0 Å². The van der Waals surface area contributed by atoms with Crippen LogP contribution in [0.15, 0.2) is 18.2 Å². The van der Waals surface area contributed by atoms with E-state index in [0.29, 0.717) is 23.0 Å². The molecule has 3 atom stereocenters. The molecule has 18 heavy (non-hydrogen) atoms. The normalized spacial score (nSPS) is 16.3. The summed E-state index contributed by atoms with van der Waals surface area (Å²) in [5.41, 5.74) is 6.60. The summed E-state index contributed by atoms with van der Waals surface area (Å²) in [6, 6.07) is 5.42. The van der Waals surface area contributed by atoms with Crippen LogP contribution in [0.25, 0.3) is 0 Å². The number of benzene rings is 1. The lowest BCUT2D eigenvalue weighted by Crippen LogP contribution is -2.36. The van der Waals surface area contributed by atoms with Crippen molar-refractivity contribution in [3.05, 3.63) is 33.8 Å². The van der Waals surface area contributed by atoms with Gasteiger partial charge in [-0.15, -0.1) is 0 Å². The summed E-state index contributed by atoms with van der Waals surface area (Å²) in [5, 5.41) is 13.9. The smallest absolute Gasteiger partial charge is 0.0526 e. The Kier molecular flexibility index (Phi) is 6.39. The molecule has 0 heterocycles. The molecule has 0 aromatic heterocycles. The molecular formula is C13H20Cl2N2O. The average molecular weight is 291 g/mol. The van der Waals surface area contributed by atoms with Crippen molar-refractivity contribution in [2.45, 2.75) is 38.5 Å². The molecule has 0 bridgehead atoms. The van der Waals surface area contributed by atoms with Crippen LogP contribution in [0.2, 0.25) is 10.0 Å². The molecule has 0 aliphatic heterocycles. The number of rotatable bonds is 6. The highest BCUT2D eigenvalue weighted by atomic mass is 35.5. The van der Waals surface area contributed by atoms with Crippen molar-refractivity contribution >= 4 is 23.2 Å². The first-order chi connectivity index (χ1) is 8.45. The van der Waals surface area contributed by atoms with Gasteiger partial charge in [0.05, 0.1) is 6.10 Å². The molecule has 1 rings (SSSR count). The molecule has 0 fully saturated rings. The Hall–Kier alpha value is -0.320. The summed E-state index contributed by atoms with van der Waals surface area (Å²) in [6.07, 6.45) is 0.297. The monoisotopic (exact) mass is 290 g/mol. The van der Waals surface area contributed by atoms with Gasteiger partial charge < -0.3 is 16.2 Å². The second-order valence-corrected chi connectivity index (χ2v) is 5.39. The summed E-state index contributed by atoms with van der Waals surface area (Å²) in [5.74, 6) is 0. The number of nitrogens with one attached hydrogen (secondary N) is 1. The third-order valence-corrected chi connectivity index (χ3v) is 3.42. The van der Waals surface area contributed by atoms with Crippen LogP contribution in [0.3, 0.4) is 0 Å². The molecule has 4 N–H and O–H groups in total. The minimum atomic E-state index is -0.354. The van der Waals surface area contributed by atoms with Crippen LogP contribution in [0.1, 0.15) is 31.9 Å². The number of hydrogen-bond donors (Lipinski definition) is 3. The van der Waals surface area contributed by atoms with Gasteiger partial charge in [0.1, 0.15) is 0 Å². The van der Waals surface area contributed by atoms with Crippen LogP contribution >= 0.6 is 23.2 Å². The SMILES string of the molecule is CC(O)CC(C)NC(CN)c1c(Cl)cccc1Cl. The Morgan fingerprint density at radius 3 is 2.28 bits per heavy atom. The number of aliphatic hydroxyl groups is 1. The number of nitrogens with two attached hydrogens (primary N) is 1. The van der Waals surface area contributed by atoms with Crippen LogP contribution in [-0.2, 0) is 0 Å². The van der Waals surface area contributed by atoms with Gasteiger partial charge in [-0.25, -0.2) is 0 Å². The third kappa shape index (κ3) is 4.41. The van der Waals surface area contributed by atoms with Crippen molar-refractivity contribution in [1.82, 2.24) is 5.32 Å². The van der Waals surface area contributed by atoms with Crippen LogP contribution in [0.5, 0.6) is 0 Å². The molecule has 0 aliphatic carbocycles. The van der Waals surface area contributed by atoms with Crippen LogP contribution < -0.4 is 11.1 Å². The fraction of sp³-hybridized carbons (Fsp3) is 0.538. The van der Waals surface area contributed by atoms with E-state index >= 15 is 0 Å². The van der Waals surface area contributed by atoms with Crippen LogP contribution in [-0.4, -0.2) is 23.8 Å². The van der Waals surface area contributed by atoms with Crippen molar-refractivity contribution in [2.24, 2.45) is 5.73 Å². The van der Waals surface area contributed by atoms with Gasteiger partial charge in [0.25, 0.3) is 0 Å². The third-order valence-electron chi connectivity index (χ3n) is 2.76. The van der Waals surface area contributed by atoms with E-state index < -0.39 is 0 Å². The summed E-state index contributed by atoms with van der Waals surface area (Å²) in [4.78, 5) is 0. The molecular weight excluding hydrogens is 271 g/mol. The molecule has 0 saturated heterocycles. The molecule has 3 unspecified atom stereocenters. The Morgan fingerprint density at radius 1 is 1.28 bits per heavy atom. The van der Waals surface area contributed by atoms with Crippen molar-refractivity contribution in [1.29, 1.82) is 0 Å². The quantitative estimate of drug-likeness (QED) is 0.755. The zero-order valence-corrected chi connectivity index (χ0v) is 12.2. The number of aliphatic hydroxyl groups excluding tert-OH is 1. The van der Waals surface area contributed by atoms with Gasteiger partial charge in [-0.2, -0.15) is 0 Å². The lowest BCUT2D eigenvalue weighted by atomic mass is 10.0. The Labute approximate surface area is 118 Å². The minimum Gasteiger partial charge on any atom is -0.393 e. The van der Waals surface area contributed by atoms with Crippen molar-refractivity contribution in [2.75, 3.05) is 6.54 Å². The van der Waals surface area contributed by atoms with Gasteiger partial charge in [0.2, 0.25) is 0 Å².